The molecule has 1 aromatic heterocycles. The number of fused-ring (bicyclic) bond motifs is 1. The summed E-state index contributed by atoms with van der Waals surface area (Å²) in [7, 11) is 5.05. The van der Waals surface area contributed by atoms with Crippen LogP contribution in [0.4, 0.5) is 11.6 Å². The van der Waals surface area contributed by atoms with Crippen molar-refractivity contribution >= 4 is 22.5 Å². The summed E-state index contributed by atoms with van der Waals surface area (Å²) in [4.78, 5) is 9.32. The fourth-order valence-electron chi connectivity index (χ4n) is 3.36. The Kier molecular flexibility index (Phi) is 5.66. The lowest BCUT2D eigenvalue weighted by Crippen LogP contribution is -2.01. The molecule has 30 heavy (non-hydrogen) atoms. The second kappa shape index (κ2) is 8.69. The van der Waals surface area contributed by atoms with Crippen molar-refractivity contribution in [2.75, 3.05) is 31.9 Å². The van der Waals surface area contributed by atoms with Crippen molar-refractivity contribution < 1.29 is 9.47 Å². The largest absolute Gasteiger partial charge is 0.493 e. The van der Waals surface area contributed by atoms with Gasteiger partial charge in [-0.1, -0.05) is 42.5 Å². The van der Waals surface area contributed by atoms with Gasteiger partial charge in [-0.05, 0) is 23.8 Å². The molecule has 0 aliphatic carbocycles. The Morgan fingerprint density at radius 1 is 0.833 bits per heavy atom. The van der Waals surface area contributed by atoms with Gasteiger partial charge in [0.15, 0.2) is 11.5 Å². The van der Waals surface area contributed by atoms with Crippen molar-refractivity contribution in [3.8, 4) is 22.8 Å². The quantitative estimate of drug-likeness (QED) is 0.457. The van der Waals surface area contributed by atoms with Crippen LogP contribution < -0.4 is 20.1 Å². The fourth-order valence-corrected chi connectivity index (χ4v) is 3.36. The van der Waals surface area contributed by atoms with Crippen molar-refractivity contribution in [3.63, 3.8) is 0 Å². The van der Waals surface area contributed by atoms with Gasteiger partial charge in [-0.3, -0.25) is 0 Å². The van der Waals surface area contributed by atoms with Crippen LogP contribution in [0, 0.1) is 0 Å². The summed E-state index contributed by atoms with van der Waals surface area (Å²) < 4.78 is 10.9. The zero-order valence-corrected chi connectivity index (χ0v) is 17.3. The molecule has 3 aromatic carbocycles. The van der Waals surface area contributed by atoms with Crippen molar-refractivity contribution in [2.45, 2.75) is 6.54 Å². The van der Waals surface area contributed by atoms with Crippen LogP contribution in [-0.4, -0.2) is 31.2 Å². The Hall–Kier alpha value is -3.80. The first-order chi connectivity index (χ1) is 14.7. The molecule has 4 rings (SSSR count). The third-order valence-electron chi connectivity index (χ3n) is 4.90. The minimum absolute atomic E-state index is 0.548. The number of nitrogens with one attached hydrogen (secondary N) is 2. The number of hydrogen-bond donors (Lipinski definition) is 2. The van der Waals surface area contributed by atoms with E-state index in [1.165, 1.54) is 5.56 Å². The van der Waals surface area contributed by atoms with Gasteiger partial charge in [-0.2, -0.15) is 0 Å². The van der Waals surface area contributed by atoms with Gasteiger partial charge in [0.1, 0.15) is 0 Å². The fraction of sp³-hybridized carbons (Fsp3) is 0.167. The summed E-state index contributed by atoms with van der Waals surface area (Å²) >= 11 is 0. The molecule has 4 aromatic rings. The van der Waals surface area contributed by atoms with Crippen LogP contribution >= 0.6 is 0 Å². The highest BCUT2D eigenvalue weighted by molar-refractivity contribution is 5.95. The standard InChI is InChI=1S/C24H24N4O2/c1-25-24-27-20-14-22(30-3)21(29-2)13-19(20)23(28-24)17-10-7-11-18(12-17)26-15-16-8-5-4-6-9-16/h4-14,26H,15H2,1-3H3,(H,25,27,28). The van der Waals surface area contributed by atoms with E-state index in [2.05, 4.69) is 39.9 Å². The molecule has 0 aliphatic heterocycles. The van der Waals surface area contributed by atoms with Crippen molar-refractivity contribution in [3.05, 3.63) is 72.3 Å². The lowest BCUT2D eigenvalue weighted by Gasteiger charge is -2.14. The maximum absolute atomic E-state index is 5.49. The van der Waals surface area contributed by atoms with Gasteiger partial charge in [-0.15, -0.1) is 0 Å². The smallest absolute Gasteiger partial charge is 0.223 e. The van der Waals surface area contributed by atoms with Crippen LogP contribution in [-0.2, 0) is 6.54 Å². The van der Waals surface area contributed by atoms with E-state index in [0.717, 1.165) is 34.4 Å². The van der Waals surface area contributed by atoms with E-state index in [-0.39, 0.29) is 0 Å². The summed E-state index contributed by atoms with van der Waals surface area (Å²) in [6.07, 6.45) is 0. The van der Waals surface area contributed by atoms with Crippen molar-refractivity contribution in [1.82, 2.24) is 9.97 Å². The van der Waals surface area contributed by atoms with Crippen LogP contribution in [0.2, 0.25) is 0 Å². The zero-order valence-electron chi connectivity index (χ0n) is 17.3. The van der Waals surface area contributed by atoms with E-state index in [9.17, 15) is 0 Å². The summed E-state index contributed by atoms with van der Waals surface area (Å²) in [6.45, 7) is 0.752. The van der Waals surface area contributed by atoms with Gasteiger partial charge in [0, 0.05) is 36.3 Å². The minimum atomic E-state index is 0.548. The summed E-state index contributed by atoms with van der Waals surface area (Å²) in [5.41, 5.74) is 4.85. The normalized spacial score (nSPS) is 10.6. The second-order valence-electron chi connectivity index (χ2n) is 6.79. The first-order valence-corrected chi connectivity index (χ1v) is 9.71. The number of nitrogens with zero attached hydrogens (tertiary/aromatic N) is 2. The number of ether oxygens (including phenoxy) is 2. The Labute approximate surface area is 175 Å². The Morgan fingerprint density at radius 3 is 2.33 bits per heavy atom. The minimum Gasteiger partial charge on any atom is -0.493 e. The molecule has 0 radical (unpaired) electrons. The molecule has 0 saturated carbocycles. The maximum atomic E-state index is 5.49. The molecular weight excluding hydrogens is 376 g/mol. The van der Waals surface area contributed by atoms with Crippen molar-refractivity contribution in [2.24, 2.45) is 0 Å². The molecule has 152 valence electrons. The highest BCUT2D eigenvalue weighted by atomic mass is 16.5. The molecule has 0 saturated heterocycles. The molecule has 0 aliphatic rings. The molecule has 1 heterocycles. The predicted molar refractivity (Wildman–Crippen MR) is 121 cm³/mol. The molecule has 6 heteroatoms. The molecule has 0 amide bonds. The number of aromatic nitrogens is 2. The van der Waals surface area contributed by atoms with Crippen molar-refractivity contribution in [1.29, 1.82) is 0 Å². The zero-order chi connectivity index (χ0) is 20.9. The molecule has 2 N–H and O–H groups in total. The highest BCUT2D eigenvalue weighted by Crippen LogP contribution is 2.36. The van der Waals surface area contributed by atoms with E-state index in [1.54, 1.807) is 14.2 Å². The van der Waals surface area contributed by atoms with Gasteiger partial charge >= 0.3 is 0 Å². The van der Waals surface area contributed by atoms with Gasteiger partial charge in [0.25, 0.3) is 0 Å². The third kappa shape index (κ3) is 3.98. The number of benzene rings is 3. The van der Waals surface area contributed by atoms with Crippen LogP contribution in [0.1, 0.15) is 5.56 Å². The monoisotopic (exact) mass is 400 g/mol. The first-order valence-electron chi connectivity index (χ1n) is 9.71. The number of anilines is 2. The lowest BCUT2D eigenvalue weighted by molar-refractivity contribution is 0.356. The summed E-state index contributed by atoms with van der Waals surface area (Å²) in [5, 5.41) is 7.43. The molecular formula is C24H24N4O2. The average molecular weight is 400 g/mol. The SMILES string of the molecule is CNc1nc(-c2cccc(NCc3ccccc3)c2)c2cc(OC)c(OC)cc2n1. The first kappa shape index (κ1) is 19.5. The maximum Gasteiger partial charge on any atom is 0.223 e. The average Bonchev–Trinajstić information content (AvgIpc) is 2.81. The Balaban J connectivity index is 1.76. The molecule has 0 spiro atoms. The second-order valence-corrected chi connectivity index (χ2v) is 6.79. The van der Waals surface area contributed by atoms with Crippen LogP contribution in [0.3, 0.4) is 0 Å². The highest BCUT2D eigenvalue weighted by Gasteiger charge is 2.14. The lowest BCUT2D eigenvalue weighted by atomic mass is 10.0. The Bertz CT molecular complexity index is 1160. The molecule has 6 nitrogen and oxygen atoms in total. The van der Waals surface area contributed by atoms with Crippen LogP contribution in [0.5, 0.6) is 11.5 Å². The van der Waals surface area contributed by atoms with Gasteiger partial charge in [-0.25, -0.2) is 9.97 Å². The van der Waals surface area contributed by atoms with E-state index in [4.69, 9.17) is 14.5 Å². The molecule has 0 bridgehead atoms. The van der Waals surface area contributed by atoms with Gasteiger partial charge in [0.2, 0.25) is 5.95 Å². The van der Waals surface area contributed by atoms with Gasteiger partial charge < -0.3 is 20.1 Å². The molecule has 0 unspecified atom stereocenters. The van der Waals surface area contributed by atoms with E-state index >= 15 is 0 Å². The Morgan fingerprint density at radius 2 is 1.60 bits per heavy atom. The molecule has 0 atom stereocenters. The van der Waals surface area contributed by atoms with Crippen LogP contribution in [0.25, 0.3) is 22.2 Å². The van der Waals surface area contributed by atoms with Crippen LogP contribution in [0.15, 0.2) is 66.7 Å². The number of hydrogen-bond acceptors (Lipinski definition) is 6. The number of rotatable bonds is 7. The predicted octanol–water partition coefficient (Wildman–Crippen LogP) is 4.97. The summed E-state index contributed by atoms with van der Waals surface area (Å²) in [6, 6.07) is 22.3. The molecule has 0 fully saturated rings. The van der Waals surface area contributed by atoms with E-state index in [1.807, 2.05) is 49.5 Å². The van der Waals surface area contributed by atoms with E-state index < -0.39 is 0 Å². The number of methoxy groups -OCH3 is 2. The van der Waals surface area contributed by atoms with E-state index in [0.29, 0.717) is 17.4 Å². The topological polar surface area (TPSA) is 68.3 Å². The summed E-state index contributed by atoms with van der Waals surface area (Å²) in [5.74, 6) is 1.83. The third-order valence-corrected chi connectivity index (χ3v) is 4.90. The van der Waals surface area contributed by atoms with Gasteiger partial charge in [0.05, 0.1) is 25.4 Å².